The van der Waals surface area contributed by atoms with E-state index in [9.17, 15) is 39.4 Å². The van der Waals surface area contributed by atoms with Crippen LogP contribution in [-0.2, 0) is 40.1 Å². The highest BCUT2D eigenvalue weighted by molar-refractivity contribution is 7.47. The molecular weight excluding hydrogens is 782 g/mol. The zero-order chi connectivity index (χ0) is 42.7. The van der Waals surface area contributed by atoms with Gasteiger partial charge in [-0.2, -0.15) is 15.6 Å². The van der Waals surface area contributed by atoms with Crippen molar-refractivity contribution in [2.45, 2.75) is 159 Å². The van der Waals surface area contributed by atoms with Crippen LogP contribution in [-0.4, -0.2) is 73.1 Å². The van der Waals surface area contributed by atoms with Gasteiger partial charge in [0.2, 0.25) is 5.60 Å². The fraction of sp³-hybridized carbons (Fsp3) is 0.643. The molecule has 0 saturated carbocycles. The summed E-state index contributed by atoms with van der Waals surface area (Å²) in [6.45, 7) is 0.451. The topological polar surface area (TPSA) is 236 Å². The van der Waals surface area contributed by atoms with Crippen LogP contribution in [0.5, 0.6) is 0 Å². The van der Waals surface area contributed by atoms with E-state index in [2.05, 4.69) is 17.0 Å². The van der Waals surface area contributed by atoms with E-state index in [-0.39, 0.29) is 35.7 Å². The number of halogens is 1. The second kappa shape index (κ2) is 24.4. The molecule has 5 N–H and O–H groups in total. The number of carbonyl (C=O) groups excluding carboxylic acids is 1. The summed E-state index contributed by atoms with van der Waals surface area (Å²) in [5.74, 6) is -0.972. The Morgan fingerprint density at radius 2 is 1.58 bits per heavy atom. The smallest absolute Gasteiger partial charge is 0.387 e. The zero-order valence-corrected chi connectivity index (χ0v) is 34.9. The highest BCUT2D eigenvalue weighted by Gasteiger charge is 2.58. The number of hydrogen-bond donors (Lipinski definition) is 4. The summed E-state index contributed by atoms with van der Waals surface area (Å²) in [5, 5.41) is 45.2. The number of nitrogen functional groups attached to an aromatic ring is 1. The van der Waals surface area contributed by atoms with E-state index < -0.39 is 62.7 Å². The Balaban J connectivity index is 1.23. The third kappa shape index (κ3) is 14.4. The van der Waals surface area contributed by atoms with Gasteiger partial charge in [-0.1, -0.05) is 110 Å². The summed E-state index contributed by atoms with van der Waals surface area (Å²) >= 11 is 0. The molecule has 324 valence electrons. The van der Waals surface area contributed by atoms with Crippen LogP contribution >= 0.6 is 7.82 Å². The number of ketones is 1. The zero-order valence-electron chi connectivity index (χ0n) is 34.1. The number of fused-ring (bicyclic) bond motifs is 1. The van der Waals surface area contributed by atoms with Gasteiger partial charge >= 0.3 is 7.82 Å². The lowest BCUT2D eigenvalue weighted by atomic mass is 9.92. The third-order valence-corrected chi connectivity index (χ3v) is 11.7. The molecule has 0 spiro atoms. The molecule has 1 aromatic carbocycles. The molecule has 1 fully saturated rings. The molecule has 17 heteroatoms. The maximum absolute atomic E-state index is 14.1. The second-order valence-corrected chi connectivity index (χ2v) is 16.7. The highest BCUT2D eigenvalue weighted by atomic mass is 31.2. The van der Waals surface area contributed by atoms with Crippen LogP contribution in [0.3, 0.4) is 0 Å². The average molecular weight is 843 g/mol. The van der Waals surface area contributed by atoms with Crippen molar-refractivity contribution >= 4 is 24.9 Å². The SMILES string of the molecule is CCCCCCCCCCCCCCCCCCCC(=O)[C@H](COP(=O)(O)OC[C@H]1O[C@@](C#N)(c2ccc3c(N)ncnn23)[C@H](O)[C@@H]1O)OCc1cc(F)cc(C#N)c1. The molecule has 4 rings (SSSR count). The molecule has 1 saturated heterocycles. The molecule has 0 radical (unpaired) electrons. The number of hydrogen-bond acceptors (Lipinski definition) is 13. The number of ether oxygens (including phenoxy) is 2. The Kier molecular flexibility index (Phi) is 19.8. The van der Waals surface area contributed by atoms with Crippen molar-refractivity contribution in [3.63, 3.8) is 0 Å². The molecule has 1 unspecified atom stereocenters. The number of carbonyl (C=O) groups is 1. The number of Topliss-reactive ketones (excluding diaryl/α,β-unsaturated/α-hetero) is 1. The van der Waals surface area contributed by atoms with Crippen LogP contribution in [0.1, 0.15) is 139 Å². The van der Waals surface area contributed by atoms with Gasteiger partial charge in [-0.25, -0.2) is 18.5 Å². The minimum atomic E-state index is -4.96. The van der Waals surface area contributed by atoms with Crippen molar-refractivity contribution in [3.8, 4) is 12.1 Å². The maximum Gasteiger partial charge on any atom is 0.472 e. The first-order valence-electron chi connectivity index (χ1n) is 20.9. The first-order chi connectivity index (χ1) is 28.4. The Labute approximate surface area is 346 Å². The van der Waals surface area contributed by atoms with E-state index in [1.807, 2.05) is 12.1 Å². The largest absolute Gasteiger partial charge is 0.472 e. The number of nitrogens with zero attached hydrogens (tertiary/aromatic N) is 5. The van der Waals surface area contributed by atoms with Gasteiger partial charge in [-0.15, -0.1) is 0 Å². The van der Waals surface area contributed by atoms with Crippen LogP contribution < -0.4 is 5.73 Å². The summed E-state index contributed by atoms with van der Waals surface area (Å²) in [6, 6.07) is 10.3. The van der Waals surface area contributed by atoms with Crippen LogP contribution in [0.25, 0.3) is 5.52 Å². The van der Waals surface area contributed by atoms with Gasteiger partial charge in [-0.05, 0) is 42.3 Å². The lowest BCUT2D eigenvalue weighted by Crippen LogP contribution is -2.41. The van der Waals surface area contributed by atoms with E-state index in [4.69, 9.17) is 24.3 Å². The number of unbranched alkanes of at least 4 members (excludes halogenated alkanes) is 16. The fourth-order valence-corrected chi connectivity index (χ4v) is 8.06. The number of phosphoric ester groups is 1. The predicted octanol–water partition coefficient (Wildman–Crippen LogP) is 7.49. The van der Waals surface area contributed by atoms with Crippen molar-refractivity contribution < 1.29 is 47.4 Å². The lowest BCUT2D eigenvalue weighted by Gasteiger charge is -2.24. The van der Waals surface area contributed by atoms with Crippen LogP contribution in [0.15, 0.2) is 36.7 Å². The minimum absolute atomic E-state index is 0.0276. The van der Waals surface area contributed by atoms with E-state index in [1.165, 1.54) is 99.8 Å². The van der Waals surface area contributed by atoms with E-state index >= 15 is 0 Å². The Morgan fingerprint density at radius 1 is 0.966 bits per heavy atom. The molecule has 1 aliphatic heterocycles. The molecule has 0 amide bonds. The standard InChI is InChI=1S/C42H60FN6O9P/c1-2-3-4-5-6-7-8-9-10-11-12-13-14-15-16-17-18-19-35(50)36(55-26-32-22-31(25-44)23-33(43)24-32)27-56-59(53,54)57-28-37-39(51)40(52)42(29-45,58-37)38-21-20-34-41(46)47-30-48-49(34)38/h20-24,30,36-37,39-40,51-52H,2-19,26-28H2,1H3,(H,53,54)(H2,46,47,48)/t36-,37+,39+,40+,42-/m0/s1. The van der Waals surface area contributed by atoms with Crippen molar-refractivity contribution in [1.29, 1.82) is 10.5 Å². The van der Waals surface area contributed by atoms with Gasteiger partial charge in [0.1, 0.15) is 48.1 Å². The molecule has 3 heterocycles. The summed E-state index contributed by atoms with van der Waals surface area (Å²) in [6.07, 6.45) is 15.1. The molecule has 0 bridgehead atoms. The minimum Gasteiger partial charge on any atom is -0.387 e. The van der Waals surface area contributed by atoms with Crippen LogP contribution in [0.4, 0.5) is 10.2 Å². The number of benzene rings is 1. The first-order valence-corrected chi connectivity index (χ1v) is 22.4. The second-order valence-electron chi connectivity index (χ2n) is 15.3. The highest BCUT2D eigenvalue weighted by Crippen LogP contribution is 2.46. The van der Waals surface area contributed by atoms with Crippen molar-refractivity contribution in [1.82, 2.24) is 14.6 Å². The molecule has 15 nitrogen and oxygen atoms in total. The summed E-state index contributed by atoms with van der Waals surface area (Å²) in [7, 11) is -4.96. The number of aliphatic hydroxyl groups is 2. The van der Waals surface area contributed by atoms with Crippen LogP contribution in [0, 0.1) is 28.5 Å². The predicted molar refractivity (Wildman–Crippen MR) is 217 cm³/mol. The van der Waals surface area contributed by atoms with Crippen molar-refractivity contribution in [3.05, 3.63) is 59.3 Å². The van der Waals surface area contributed by atoms with Gasteiger partial charge in [0.25, 0.3) is 0 Å². The normalized spacial score (nSPS) is 20.6. The summed E-state index contributed by atoms with van der Waals surface area (Å²) in [5.41, 5.74) is 4.41. The molecule has 59 heavy (non-hydrogen) atoms. The monoisotopic (exact) mass is 842 g/mol. The van der Waals surface area contributed by atoms with E-state index in [0.717, 1.165) is 44.1 Å². The van der Waals surface area contributed by atoms with Gasteiger partial charge in [0.15, 0.2) is 11.6 Å². The number of rotatable bonds is 29. The molecule has 2 aromatic heterocycles. The average Bonchev–Trinajstić information content (AvgIpc) is 3.77. The third-order valence-electron chi connectivity index (χ3n) is 10.7. The van der Waals surface area contributed by atoms with Gasteiger partial charge < -0.3 is 30.3 Å². The van der Waals surface area contributed by atoms with Gasteiger partial charge in [-0.3, -0.25) is 13.8 Å². The fourth-order valence-electron chi connectivity index (χ4n) is 7.33. The van der Waals surface area contributed by atoms with Crippen LogP contribution in [0.2, 0.25) is 0 Å². The maximum atomic E-state index is 14.1. The Bertz CT molecular complexity index is 1900. The molecular formula is C42H60FN6O9P. The summed E-state index contributed by atoms with van der Waals surface area (Å²) < 4.78 is 50.2. The van der Waals surface area contributed by atoms with Crippen molar-refractivity contribution in [2.24, 2.45) is 0 Å². The van der Waals surface area contributed by atoms with Crippen molar-refractivity contribution in [2.75, 3.05) is 18.9 Å². The number of nitriles is 2. The first kappa shape index (κ1) is 47.8. The number of aliphatic hydroxyl groups excluding tert-OH is 2. The summed E-state index contributed by atoms with van der Waals surface area (Å²) in [4.78, 5) is 27.8. The number of aromatic nitrogens is 3. The molecule has 3 aromatic rings. The molecule has 0 aliphatic carbocycles. The van der Waals surface area contributed by atoms with E-state index in [1.54, 1.807) is 0 Å². The molecule has 6 atom stereocenters. The quantitative estimate of drug-likeness (QED) is 0.0392. The Hall–Kier alpha value is -3.83. The van der Waals surface area contributed by atoms with E-state index in [0.29, 0.717) is 11.9 Å². The number of nitrogens with two attached hydrogens (primary N) is 1. The number of phosphoric acid groups is 1. The Morgan fingerprint density at radius 3 is 2.17 bits per heavy atom. The lowest BCUT2D eigenvalue weighted by molar-refractivity contribution is -0.134. The number of anilines is 1. The van der Waals surface area contributed by atoms with Gasteiger partial charge in [0, 0.05) is 6.42 Å². The molecule has 1 aliphatic rings. The van der Waals surface area contributed by atoms with Gasteiger partial charge in [0.05, 0.1) is 37.1 Å².